The van der Waals surface area contributed by atoms with Crippen molar-refractivity contribution in [2.45, 2.75) is 97.5 Å². The lowest BCUT2D eigenvalue weighted by Gasteiger charge is -2.46. The van der Waals surface area contributed by atoms with Gasteiger partial charge in [-0.1, -0.05) is 6.92 Å². The fourth-order valence-corrected chi connectivity index (χ4v) is 8.14. The van der Waals surface area contributed by atoms with E-state index in [0.29, 0.717) is 30.2 Å². The van der Waals surface area contributed by atoms with Gasteiger partial charge in [-0.2, -0.15) is 0 Å². The Balaban J connectivity index is 1.33. The van der Waals surface area contributed by atoms with Crippen LogP contribution in [0.5, 0.6) is 0 Å². The number of nitrogens with one attached hydrogen (secondary N) is 2. The van der Waals surface area contributed by atoms with Crippen molar-refractivity contribution in [3.63, 3.8) is 0 Å². The lowest BCUT2D eigenvalue weighted by Crippen LogP contribution is -2.57. The monoisotopic (exact) mass is 526 g/mol. The van der Waals surface area contributed by atoms with Crippen molar-refractivity contribution in [3.05, 3.63) is 54.1 Å². The Hall–Kier alpha value is -2.00. The SMILES string of the molecule is CCNC1Cc2sc([C@H]3CC[C@H](N4CC(OCC)C4)CC3)c(C)c2C(=O)N1Cc1c(C)cc(C)[nH]c1=O. The number of aryl methyl sites for hydroxylation is 2. The van der Waals surface area contributed by atoms with E-state index in [0.717, 1.165) is 49.5 Å². The van der Waals surface area contributed by atoms with Gasteiger partial charge in [0.2, 0.25) is 0 Å². The molecule has 3 aliphatic rings. The molecule has 2 aromatic heterocycles. The fraction of sp³-hybridized carbons (Fsp3) is 0.655. The van der Waals surface area contributed by atoms with Gasteiger partial charge in [-0.15, -0.1) is 11.3 Å². The first kappa shape index (κ1) is 26.6. The number of aromatic nitrogens is 1. The molecule has 1 amide bonds. The number of carbonyl (C=O) groups excluding carboxylic acids is 1. The van der Waals surface area contributed by atoms with Crippen molar-refractivity contribution >= 4 is 17.2 Å². The van der Waals surface area contributed by atoms with E-state index in [1.54, 1.807) is 0 Å². The summed E-state index contributed by atoms with van der Waals surface area (Å²) in [5.74, 6) is 0.597. The Morgan fingerprint density at radius 3 is 2.49 bits per heavy atom. The van der Waals surface area contributed by atoms with Gasteiger partial charge < -0.3 is 14.6 Å². The highest BCUT2D eigenvalue weighted by Gasteiger charge is 2.39. The molecular formula is C29H42N4O3S. The van der Waals surface area contributed by atoms with Crippen molar-refractivity contribution in [2.75, 3.05) is 26.2 Å². The number of rotatable bonds is 8. The van der Waals surface area contributed by atoms with Crippen LogP contribution >= 0.6 is 11.3 Å². The molecule has 2 aliphatic heterocycles. The van der Waals surface area contributed by atoms with E-state index in [4.69, 9.17) is 4.74 Å². The molecule has 202 valence electrons. The largest absolute Gasteiger partial charge is 0.376 e. The summed E-state index contributed by atoms with van der Waals surface area (Å²) in [6, 6.07) is 2.66. The van der Waals surface area contributed by atoms with E-state index >= 15 is 0 Å². The number of carbonyl (C=O) groups is 1. The van der Waals surface area contributed by atoms with Crippen LogP contribution in [0.25, 0.3) is 0 Å². The maximum Gasteiger partial charge on any atom is 0.256 e. The van der Waals surface area contributed by atoms with Gasteiger partial charge in [0.1, 0.15) is 0 Å². The first-order valence-corrected chi connectivity index (χ1v) is 14.8. The zero-order valence-electron chi connectivity index (χ0n) is 23.0. The molecule has 2 N–H and O–H groups in total. The number of thiophene rings is 1. The van der Waals surface area contributed by atoms with Gasteiger partial charge in [-0.25, -0.2) is 0 Å². The number of aromatic amines is 1. The van der Waals surface area contributed by atoms with Crippen LogP contribution in [0.3, 0.4) is 0 Å². The van der Waals surface area contributed by atoms with Gasteiger partial charge in [-0.05, 0) is 83.0 Å². The molecule has 2 aromatic rings. The number of H-pyrrole nitrogens is 1. The molecule has 0 bridgehead atoms. The Morgan fingerprint density at radius 1 is 1.11 bits per heavy atom. The van der Waals surface area contributed by atoms with E-state index in [2.05, 4.69) is 36.0 Å². The average molecular weight is 527 g/mol. The smallest absolute Gasteiger partial charge is 0.256 e. The minimum atomic E-state index is -0.101. The van der Waals surface area contributed by atoms with E-state index in [-0.39, 0.29) is 17.6 Å². The minimum absolute atomic E-state index is 0.0582. The molecule has 1 saturated heterocycles. The van der Waals surface area contributed by atoms with E-state index in [1.165, 1.54) is 41.0 Å². The first-order chi connectivity index (χ1) is 17.8. The van der Waals surface area contributed by atoms with Crippen LogP contribution < -0.4 is 10.9 Å². The Labute approximate surface area is 224 Å². The number of fused-ring (bicyclic) bond motifs is 1. The number of nitrogens with zero attached hydrogens (tertiary/aromatic N) is 2. The number of amides is 1. The van der Waals surface area contributed by atoms with Crippen LogP contribution in [0, 0.1) is 20.8 Å². The quantitative estimate of drug-likeness (QED) is 0.538. The summed E-state index contributed by atoms with van der Waals surface area (Å²) in [5.41, 5.74) is 4.42. The third-order valence-corrected chi connectivity index (χ3v) is 10.1. The standard InChI is InChI=1S/C29H42N4O3S/c1-6-30-25-13-24-26(29(35)33(25)16-23-17(3)12-18(4)31-28(23)34)19(5)27(37-24)20-8-10-21(11-9-20)32-14-22(15-32)36-7-2/h12,20-22,25,30H,6-11,13-16H2,1-5H3,(H,31,34)/t20-,21-,25?. The third kappa shape index (κ3) is 5.18. The topological polar surface area (TPSA) is 77.7 Å². The first-order valence-electron chi connectivity index (χ1n) is 14.0. The van der Waals surface area contributed by atoms with Crippen LogP contribution in [-0.4, -0.2) is 65.2 Å². The highest BCUT2D eigenvalue weighted by molar-refractivity contribution is 7.12. The Morgan fingerprint density at radius 2 is 1.84 bits per heavy atom. The second kappa shape index (κ2) is 11.0. The molecule has 0 aromatic carbocycles. The number of likely N-dealkylation sites (tertiary alicyclic amines) is 1. The summed E-state index contributed by atoms with van der Waals surface area (Å²) in [4.78, 5) is 36.7. The Bertz CT molecular complexity index is 1190. The second-order valence-electron chi connectivity index (χ2n) is 11.1. The van der Waals surface area contributed by atoms with Crippen LogP contribution in [0.15, 0.2) is 10.9 Å². The molecule has 8 heteroatoms. The summed E-state index contributed by atoms with van der Waals surface area (Å²) in [6.45, 7) is 14.2. The molecule has 2 fully saturated rings. The molecule has 0 radical (unpaired) electrons. The zero-order chi connectivity index (χ0) is 26.3. The van der Waals surface area contributed by atoms with Gasteiger partial charge in [0.15, 0.2) is 0 Å². The van der Waals surface area contributed by atoms with Gasteiger partial charge in [0.25, 0.3) is 11.5 Å². The molecule has 0 spiro atoms. The molecular weight excluding hydrogens is 484 g/mol. The summed E-state index contributed by atoms with van der Waals surface area (Å²) in [7, 11) is 0. The molecule has 1 aliphatic carbocycles. The zero-order valence-corrected chi connectivity index (χ0v) is 23.8. The maximum atomic E-state index is 13.9. The van der Waals surface area contributed by atoms with Gasteiger partial charge >= 0.3 is 0 Å². The molecule has 1 unspecified atom stereocenters. The van der Waals surface area contributed by atoms with E-state index in [1.807, 2.05) is 36.2 Å². The van der Waals surface area contributed by atoms with Crippen LogP contribution in [0.2, 0.25) is 0 Å². The van der Waals surface area contributed by atoms with Crippen LogP contribution in [-0.2, 0) is 17.7 Å². The summed E-state index contributed by atoms with van der Waals surface area (Å²) in [6.07, 6.45) is 5.94. The second-order valence-corrected chi connectivity index (χ2v) is 12.2. The van der Waals surface area contributed by atoms with Crippen molar-refractivity contribution in [3.8, 4) is 0 Å². The minimum Gasteiger partial charge on any atom is -0.376 e. The summed E-state index contributed by atoms with van der Waals surface area (Å²) < 4.78 is 5.75. The summed E-state index contributed by atoms with van der Waals surface area (Å²) in [5, 5.41) is 3.51. The highest BCUT2D eigenvalue weighted by atomic mass is 32.1. The lowest BCUT2D eigenvalue weighted by atomic mass is 9.82. The van der Waals surface area contributed by atoms with E-state index < -0.39 is 0 Å². The number of likely N-dealkylation sites (N-methyl/N-ethyl adjacent to an activating group) is 1. The average Bonchev–Trinajstić information content (AvgIpc) is 3.16. The van der Waals surface area contributed by atoms with Crippen molar-refractivity contribution in [1.82, 2.24) is 20.1 Å². The van der Waals surface area contributed by atoms with Crippen molar-refractivity contribution < 1.29 is 9.53 Å². The summed E-state index contributed by atoms with van der Waals surface area (Å²) >= 11 is 1.87. The van der Waals surface area contributed by atoms with E-state index in [9.17, 15) is 9.59 Å². The molecule has 1 atom stereocenters. The highest BCUT2D eigenvalue weighted by Crippen LogP contribution is 2.44. The number of hydrogen-bond acceptors (Lipinski definition) is 6. The van der Waals surface area contributed by atoms with Crippen molar-refractivity contribution in [1.29, 1.82) is 0 Å². The van der Waals surface area contributed by atoms with Gasteiger partial charge in [0.05, 0.1) is 24.4 Å². The van der Waals surface area contributed by atoms with Crippen molar-refractivity contribution in [2.24, 2.45) is 0 Å². The lowest BCUT2D eigenvalue weighted by molar-refractivity contribution is -0.0738. The number of pyridine rings is 1. The molecule has 37 heavy (non-hydrogen) atoms. The van der Waals surface area contributed by atoms with Crippen LogP contribution in [0.4, 0.5) is 0 Å². The fourth-order valence-electron chi connectivity index (χ4n) is 6.64. The number of ether oxygens (including phenoxy) is 1. The predicted molar refractivity (Wildman–Crippen MR) is 149 cm³/mol. The normalized spacial score (nSPS) is 24.8. The van der Waals surface area contributed by atoms with Gasteiger partial charge in [-0.3, -0.25) is 19.8 Å². The molecule has 1 saturated carbocycles. The van der Waals surface area contributed by atoms with Gasteiger partial charge in [0, 0.05) is 53.2 Å². The molecule has 7 nitrogen and oxygen atoms in total. The van der Waals surface area contributed by atoms with Crippen LogP contribution in [0.1, 0.15) is 87.9 Å². The number of hydrogen-bond donors (Lipinski definition) is 2. The predicted octanol–water partition coefficient (Wildman–Crippen LogP) is 4.24. The molecule has 4 heterocycles. The molecule has 5 rings (SSSR count). The Kier molecular flexibility index (Phi) is 7.91. The third-order valence-electron chi connectivity index (χ3n) is 8.61. The maximum absolute atomic E-state index is 13.9.